The topological polar surface area (TPSA) is 93.5 Å². The molecule has 6 nitrogen and oxygen atoms in total. The van der Waals surface area contributed by atoms with Crippen molar-refractivity contribution in [2.45, 2.75) is 6.42 Å². The molecular weight excluding hydrogens is 273 g/mol. The predicted octanol–water partition coefficient (Wildman–Crippen LogP) is 0.768. The fourth-order valence-corrected chi connectivity index (χ4v) is 1.97. The van der Waals surface area contributed by atoms with E-state index in [1.807, 2.05) is 0 Å². The molecule has 19 heavy (non-hydrogen) atoms. The SMILES string of the molecule is COc1cc(NCCCNS(C)(=O)=O)c(F)cc1N. The summed E-state index contributed by atoms with van der Waals surface area (Å²) in [5.74, 6) is -0.0902. The van der Waals surface area contributed by atoms with Gasteiger partial charge in [0, 0.05) is 25.2 Å². The maximum absolute atomic E-state index is 13.6. The molecule has 1 aromatic carbocycles. The smallest absolute Gasteiger partial charge is 0.208 e. The summed E-state index contributed by atoms with van der Waals surface area (Å²) < 4.78 is 42.5. The van der Waals surface area contributed by atoms with Crippen molar-refractivity contribution in [1.82, 2.24) is 4.72 Å². The second-order valence-corrected chi connectivity index (χ2v) is 5.85. The molecule has 0 aliphatic rings. The highest BCUT2D eigenvalue weighted by atomic mass is 32.2. The van der Waals surface area contributed by atoms with Crippen LogP contribution in [-0.4, -0.2) is 34.9 Å². The second-order valence-electron chi connectivity index (χ2n) is 4.02. The number of benzene rings is 1. The molecule has 0 bridgehead atoms. The quantitative estimate of drug-likeness (QED) is 0.509. The van der Waals surface area contributed by atoms with Gasteiger partial charge in [-0.3, -0.25) is 0 Å². The number of anilines is 2. The Kier molecular flexibility index (Phi) is 5.37. The van der Waals surface area contributed by atoms with Gasteiger partial charge in [-0.1, -0.05) is 0 Å². The summed E-state index contributed by atoms with van der Waals surface area (Å²) in [7, 11) is -1.73. The molecule has 0 aliphatic carbocycles. The van der Waals surface area contributed by atoms with E-state index in [0.29, 0.717) is 25.3 Å². The molecule has 0 heterocycles. The van der Waals surface area contributed by atoms with Gasteiger partial charge in [0.1, 0.15) is 11.6 Å². The van der Waals surface area contributed by atoms with Crippen LogP contribution in [-0.2, 0) is 10.0 Å². The van der Waals surface area contributed by atoms with Gasteiger partial charge in [0.15, 0.2) is 0 Å². The van der Waals surface area contributed by atoms with E-state index in [1.54, 1.807) is 0 Å². The van der Waals surface area contributed by atoms with Crippen LogP contribution in [0.2, 0.25) is 0 Å². The van der Waals surface area contributed by atoms with Crippen molar-refractivity contribution in [2.75, 3.05) is 37.5 Å². The summed E-state index contributed by atoms with van der Waals surface area (Å²) in [5, 5.41) is 2.86. The molecule has 0 spiro atoms. The zero-order valence-electron chi connectivity index (χ0n) is 10.9. The minimum atomic E-state index is -3.18. The lowest BCUT2D eigenvalue weighted by Crippen LogP contribution is -2.24. The van der Waals surface area contributed by atoms with Crippen molar-refractivity contribution in [1.29, 1.82) is 0 Å². The Labute approximate surface area is 112 Å². The standard InChI is InChI=1S/C11H18FN3O3S/c1-18-11-7-10(8(12)6-9(11)13)14-4-3-5-15-19(2,16)17/h6-7,14-15H,3-5,13H2,1-2H3. The van der Waals surface area contributed by atoms with Gasteiger partial charge in [0.2, 0.25) is 10.0 Å². The van der Waals surface area contributed by atoms with Gasteiger partial charge in [-0.25, -0.2) is 17.5 Å². The third kappa shape index (κ3) is 5.31. The number of rotatable bonds is 7. The molecule has 0 unspecified atom stereocenters. The van der Waals surface area contributed by atoms with Crippen LogP contribution in [0.5, 0.6) is 5.75 Å². The Bertz CT molecular complexity index is 534. The second kappa shape index (κ2) is 6.58. The van der Waals surface area contributed by atoms with Crippen LogP contribution in [0.4, 0.5) is 15.8 Å². The van der Waals surface area contributed by atoms with E-state index >= 15 is 0 Å². The summed E-state index contributed by atoms with van der Waals surface area (Å²) in [5.41, 5.74) is 6.05. The number of hydrogen-bond donors (Lipinski definition) is 3. The van der Waals surface area contributed by atoms with Gasteiger partial charge in [0.05, 0.1) is 24.7 Å². The summed E-state index contributed by atoms with van der Waals surface area (Å²) in [6, 6.07) is 2.64. The van der Waals surface area contributed by atoms with E-state index in [1.165, 1.54) is 19.2 Å². The fraction of sp³-hybridized carbons (Fsp3) is 0.455. The van der Waals surface area contributed by atoms with Gasteiger partial charge in [-0.05, 0) is 6.42 Å². The van der Waals surface area contributed by atoms with E-state index in [-0.39, 0.29) is 11.4 Å². The molecule has 0 saturated carbocycles. The average molecular weight is 291 g/mol. The van der Waals surface area contributed by atoms with Crippen LogP contribution >= 0.6 is 0 Å². The third-order valence-electron chi connectivity index (χ3n) is 2.35. The first-order valence-electron chi connectivity index (χ1n) is 5.65. The number of methoxy groups -OCH3 is 1. The molecule has 0 aliphatic heterocycles. The Morgan fingerprint density at radius 1 is 1.37 bits per heavy atom. The van der Waals surface area contributed by atoms with Crippen LogP contribution in [0.25, 0.3) is 0 Å². The van der Waals surface area contributed by atoms with Gasteiger partial charge < -0.3 is 15.8 Å². The van der Waals surface area contributed by atoms with Crippen LogP contribution < -0.4 is 20.5 Å². The zero-order valence-corrected chi connectivity index (χ0v) is 11.7. The van der Waals surface area contributed by atoms with Gasteiger partial charge >= 0.3 is 0 Å². The molecule has 8 heteroatoms. The minimum Gasteiger partial charge on any atom is -0.495 e. The van der Waals surface area contributed by atoms with Crippen LogP contribution in [0.1, 0.15) is 6.42 Å². The lowest BCUT2D eigenvalue weighted by Gasteiger charge is -2.11. The summed E-state index contributed by atoms with van der Waals surface area (Å²) in [6.45, 7) is 0.714. The normalized spacial score (nSPS) is 11.3. The van der Waals surface area contributed by atoms with Crippen LogP contribution in [0.3, 0.4) is 0 Å². The highest BCUT2D eigenvalue weighted by molar-refractivity contribution is 7.88. The van der Waals surface area contributed by atoms with E-state index in [9.17, 15) is 12.8 Å². The average Bonchev–Trinajstić information content (AvgIpc) is 2.29. The molecule has 0 fully saturated rings. The van der Waals surface area contributed by atoms with Crippen molar-refractivity contribution < 1.29 is 17.5 Å². The number of nitrogens with two attached hydrogens (primary N) is 1. The first-order valence-corrected chi connectivity index (χ1v) is 7.54. The molecule has 0 saturated heterocycles. The molecule has 108 valence electrons. The molecule has 0 radical (unpaired) electrons. The molecule has 0 amide bonds. The third-order valence-corrected chi connectivity index (χ3v) is 3.08. The fourth-order valence-electron chi connectivity index (χ4n) is 1.45. The van der Waals surface area contributed by atoms with Crippen LogP contribution in [0, 0.1) is 5.82 Å². The van der Waals surface area contributed by atoms with E-state index < -0.39 is 15.8 Å². The Hall–Kier alpha value is -1.54. The highest BCUT2D eigenvalue weighted by Crippen LogP contribution is 2.28. The van der Waals surface area contributed by atoms with Crippen molar-refractivity contribution in [3.05, 3.63) is 17.9 Å². The Morgan fingerprint density at radius 3 is 2.63 bits per heavy atom. The molecule has 0 aromatic heterocycles. The monoisotopic (exact) mass is 291 g/mol. The number of nitrogens with one attached hydrogen (secondary N) is 2. The maximum atomic E-state index is 13.6. The molecular formula is C11H18FN3O3S. The molecule has 4 N–H and O–H groups in total. The lowest BCUT2D eigenvalue weighted by molar-refractivity contribution is 0.416. The van der Waals surface area contributed by atoms with Gasteiger partial charge in [-0.2, -0.15) is 0 Å². The van der Waals surface area contributed by atoms with Crippen molar-refractivity contribution in [3.63, 3.8) is 0 Å². The molecule has 1 rings (SSSR count). The van der Waals surface area contributed by atoms with Crippen molar-refractivity contribution in [2.24, 2.45) is 0 Å². The number of sulfonamides is 1. The number of halogens is 1. The maximum Gasteiger partial charge on any atom is 0.208 e. The van der Waals surface area contributed by atoms with E-state index in [0.717, 1.165) is 6.26 Å². The number of ether oxygens (including phenoxy) is 1. The highest BCUT2D eigenvalue weighted by Gasteiger charge is 2.08. The lowest BCUT2D eigenvalue weighted by atomic mass is 10.2. The van der Waals surface area contributed by atoms with Crippen molar-refractivity contribution in [3.8, 4) is 5.75 Å². The number of hydrogen-bond acceptors (Lipinski definition) is 5. The predicted molar refractivity (Wildman–Crippen MR) is 73.3 cm³/mol. The molecule has 0 atom stereocenters. The van der Waals surface area contributed by atoms with E-state index in [4.69, 9.17) is 10.5 Å². The Balaban J connectivity index is 2.49. The van der Waals surface area contributed by atoms with Gasteiger partial charge in [0.25, 0.3) is 0 Å². The minimum absolute atomic E-state index is 0.226. The largest absolute Gasteiger partial charge is 0.495 e. The molecule has 1 aromatic rings. The zero-order chi connectivity index (χ0) is 14.5. The summed E-state index contributed by atoms with van der Waals surface area (Å²) >= 11 is 0. The summed E-state index contributed by atoms with van der Waals surface area (Å²) in [6.07, 6.45) is 1.62. The Morgan fingerprint density at radius 2 is 2.05 bits per heavy atom. The van der Waals surface area contributed by atoms with Gasteiger partial charge in [-0.15, -0.1) is 0 Å². The summed E-state index contributed by atoms with van der Waals surface area (Å²) in [4.78, 5) is 0. The first kappa shape index (κ1) is 15.5. The van der Waals surface area contributed by atoms with E-state index in [2.05, 4.69) is 10.0 Å². The number of nitrogen functional groups attached to an aromatic ring is 1. The van der Waals surface area contributed by atoms with Crippen LogP contribution in [0.15, 0.2) is 12.1 Å². The first-order chi connectivity index (χ1) is 8.83. The van der Waals surface area contributed by atoms with Crippen molar-refractivity contribution >= 4 is 21.4 Å².